The molecule has 0 amide bonds. The number of anilines is 1. The summed E-state index contributed by atoms with van der Waals surface area (Å²) in [6.07, 6.45) is -4.50. The quantitative estimate of drug-likeness (QED) is 0.878. The molecule has 2 rings (SSSR count). The molecule has 0 spiro atoms. The van der Waals surface area contributed by atoms with Crippen molar-refractivity contribution >= 4 is 29.0 Å². The number of aromatic nitrogens is 2. The number of nitrogens with zero attached hydrogens (tertiary/aromatic N) is 2. The van der Waals surface area contributed by atoms with Crippen molar-refractivity contribution in [2.45, 2.75) is 13.1 Å². The second-order valence-corrected chi connectivity index (χ2v) is 4.93. The van der Waals surface area contributed by atoms with Crippen LogP contribution in [-0.2, 0) is 6.18 Å². The van der Waals surface area contributed by atoms with Gasteiger partial charge < -0.3 is 5.32 Å². The van der Waals surface area contributed by atoms with E-state index >= 15 is 0 Å². The van der Waals surface area contributed by atoms with E-state index < -0.39 is 11.7 Å². The lowest BCUT2D eigenvalue weighted by Crippen LogP contribution is -2.08. The second kappa shape index (κ2) is 5.18. The van der Waals surface area contributed by atoms with Gasteiger partial charge in [0.05, 0.1) is 21.3 Å². The largest absolute Gasteiger partial charge is 0.416 e. The van der Waals surface area contributed by atoms with E-state index in [9.17, 15) is 13.2 Å². The molecule has 0 atom stereocenters. The summed E-state index contributed by atoms with van der Waals surface area (Å²) in [5, 5.41) is 6.80. The average molecular weight is 324 g/mol. The van der Waals surface area contributed by atoms with E-state index in [0.29, 0.717) is 11.5 Å². The van der Waals surface area contributed by atoms with Crippen molar-refractivity contribution in [3.05, 3.63) is 39.5 Å². The molecule has 1 aromatic carbocycles. The Labute approximate surface area is 123 Å². The Morgan fingerprint density at radius 1 is 1.15 bits per heavy atom. The third-order valence-electron chi connectivity index (χ3n) is 2.64. The fourth-order valence-corrected chi connectivity index (χ4v) is 2.43. The zero-order valence-electron chi connectivity index (χ0n) is 10.5. The topological polar surface area (TPSA) is 29.9 Å². The van der Waals surface area contributed by atoms with Crippen molar-refractivity contribution in [2.75, 3.05) is 12.4 Å². The zero-order chi connectivity index (χ0) is 15.1. The van der Waals surface area contributed by atoms with E-state index in [-0.39, 0.29) is 15.7 Å². The van der Waals surface area contributed by atoms with Gasteiger partial charge in [0.1, 0.15) is 11.5 Å². The Morgan fingerprint density at radius 2 is 1.70 bits per heavy atom. The second-order valence-electron chi connectivity index (χ2n) is 4.12. The number of rotatable bonds is 2. The van der Waals surface area contributed by atoms with E-state index in [1.54, 1.807) is 20.0 Å². The van der Waals surface area contributed by atoms with Crippen LogP contribution in [0.25, 0.3) is 5.69 Å². The predicted octanol–water partition coefficient (Wildman–Crippen LogP) is 4.55. The van der Waals surface area contributed by atoms with E-state index in [2.05, 4.69) is 10.4 Å². The summed E-state index contributed by atoms with van der Waals surface area (Å²) in [6.45, 7) is 1.75. The Kier molecular flexibility index (Phi) is 3.88. The summed E-state index contributed by atoms with van der Waals surface area (Å²) in [5.41, 5.74) is -0.00806. The van der Waals surface area contributed by atoms with Gasteiger partial charge in [-0.1, -0.05) is 23.2 Å². The summed E-state index contributed by atoms with van der Waals surface area (Å²) in [5.74, 6) is 0.575. The molecule has 0 unspecified atom stereocenters. The maximum absolute atomic E-state index is 12.7. The van der Waals surface area contributed by atoms with Crippen molar-refractivity contribution in [3.8, 4) is 5.69 Å². The highest BCUT2D eigenvalue weighted by Gasteiger charge is 2.32. The van der Waals surface area contributed by atoms with Gasteiger partial charge in [-0.2, -0.15) is 18.3 Å². The maximum atomic E-state index is 12.7. The predicted molar refractivity (Wildman–Crippen MR) is 72.9 cm³/mol. The van der Waals surface area contributed by atoms with Crippen LogP contribution in [0.15, 0.2) is 18.2 Å². The lowest BCUT2D eigenvalue weighted by Gasteiger charge is -2.14. The van der Waals surface area contributed by atoms with Gasteiger partial charge in [-0.25, -0.2) is 4.68 Å². The van der Waals surface area contributed by atoms with Crippen molar-refractivity contribution in [1.82, 2.24) is 9.78 Å². The normalized spacial score (nSPS) is 11.8. The number of hydrogen-bond acceptors (Lipinski definition) is 2. The highest BCUT2D eigenvalue weighted by atomic mass is 35.5. The molecule has 0 aliphatic rings. The first-order chi connectivity index (χ1) is 9.24. The monoisotopic (exact) mass is 323 g/mol. The van der Waals surface area contributed by atoms with E-state index in [4.69, 9.17) is 23.2 Å². The molecule has 3 nitrogen and oxygen atoms in total. The minimum Gasteiger partial charge on any atom is -0.373 e. The summed E-state index contributed by atoms with van der Waals surface area (Å²) < 4.78 is 39.4. The molecule has 0 saturated heterocycles. The molecule has 0 fully saturated rings. The summed E-state index contributed by atoms with van der Waals surface area (Å²) in [4.78, 5) is 0. The van der Waals surface area contributed by atoms with Crippen LogP contribution in [0.2, 0.25) is 10.0 Å². The van der Waals surface area contributed by atoms with E-state index in [0.717, 1.165) is 12.1 Å². The van der Waals surface area contributed by atoms with Gasteiger partial charge in [-0.15, -0.1) is 0 Å². The first-order valence-corrected chi connectivity index (χ1v) is 6.30. The number of aryl methyl sites for hydroxylation is 1. The fourth-order valence-electron chi connectivity index (χ4n) is 1.78. The van der Waals surface area contributed by atoms with Crippen molar-refractivity contribution in [2.24, 2.45) is 0 Å². The first-order valence-electron chi connectivity index (χ1n) is 5.55. The molecule has 0 radical (unpaired) electrons. The van der Waals surface area contributed by atoms with Crippen molar-refractivity contribution in [3.63, 3.8) is 0 Å². The lowest BCUT2D eigenvalue weighted by atomic mass is 10.2. The van der Waals surface area contributed by atoms with Gasteiger partial charge in [-0.05, 0) is 19.1 Å². The van der Waals surface area contributed by atoms with Gasteiger partial charge in [0.25, 0.3) is 0 Å². The number of hydrogen-bond donors (Lipinski definition) is 1. The summed E-state index contributed by atoms with van der Waals surface area (Å²) in [6, 6.07) is 3.39. The molecule has 0 aliphatic carbocycles. The summed E-state index contributed by atoms with van der Waals surface area (Å²) >= 11 is 11.9. The molecule has 0 aliphatic heterocycles. The Bertz CT molecular complexity index is 627. The van der Waals surface area contributed by atoms with Crippen molar-refractivity contribution < 1.29 is 13.2 Å². The first kappa shape index (κ1) is 15.0. The molecule has 1 aromatic heterocycles. The molecule has 108 valence electrons. The highest BCUT2D eigenvalue weighted by molar-refractivity contribution is 6.37. The number of alkyl halides is 3. The van der Waals surface area contributed by atoms with Crippen molar-refractivity contribution in [1.29, 1.82) is 0 Å². The van der Waals surface area contributed by atoms with Gasteiger partial charge in [0, 0.05) is 13.1 Å². The maximum Gasteiger partial charge on any atom is 0.416 e. The Hall–Kier alpha value is -1.40. The van der Waals surface area contributed by atoms with Crippen LogP contribution in [0.5, 0.6) is 0 Å². The molecule has 2 aromatic rings. The molecule has 8 heteroatoms. The minimum atomic E-state index is -4.50. The molecular weight excluding hydrogens is 314 g/mol. The van der Waals surface area contributed by atoms with Crippen LogP contribution in [0.4, 0.5) is 19.0 Å². The molecule has 0 saturated carbocycles. The molecular formula is C12H10Cl2F3N3. The average Bonchev–Trinajstić information content (AvgIpc) is 2.68. The zero-order valence-corrected chi connectivity index (χ0v) is 12.0. The van der Waals surface area contributed by atoms with Gasteiger partial charge in [-0.3, -0.25) is 0 Å². The highest BCUT2D eigenvalue weighted by Crippen LogP contribution is 2.38. The standard InChI is InChI=1S/C12H10Cl2F3N3/c1-6-3-10(18-2)20(19-6)11-8(13)4-7(5-9(11)14)12(15,16)17/h3-5,18H,1-2H3. The fraction of sp³-hybridized carbons (Fsp3) is 0.250. The van der Waals surface area contributed by atoms with Gasteiger partial charge in [0.2, 0.25) is 0 Å². The minimum absolute atomic E-state index is 0.121. The Balaban J connectivity index is 2.64. The van der Waals surface area contributed by atoms with E-state index in [1.165, 1.54) is 4.68 Å². The van der Waals surface area contributed by atoms with Crippen LogP contribution < -0.4 is 5.32 Å². The van der Waals surface area contributed by atoms with Gasteiger partial charge >= 0.3 is 6.18 Å². The number of benzene rings is 1. The molecule has 0 bridgehead atoms. The number of halogens is 5. The van der Waals surface area contributed by atoms with Crippen LogP contribution in [0.1, 0.15) is 11.3 Å². The lowest BCUT2D eigenvalue weighted by molar-refractivity contribution is -0.137. The SMILES string of the molecule is CNc1cc(C)nn1-c1c(Cl)cc(C(F)(F)F)cc1Cl. The van der Waals surface area contributed by atoms with Gasteiger partial charge in [0.15, 0.2) is 0 Å². The van der Waals surface area contributed by atoms with Crippen LogP contribution in [0.3, 0.4) is 0 Å². The smallest absolute Gasteiger partial charge is 0.373 e. The Morgan fingerprint density at radius 3 is 2.15 bits per heavy atom. The van der Waals surface area contributed by atoms with E-state index in [1.807, 2.05) is 0 Å². The van der Waals surface area contributed by atoms with Crippen LogP contribution >= 0.6 is 23.2 Å². The van der Waals surface area contributed by atoms with Crippen LogP contribution in [-0.4, -0.2) is 16.8 Å². The number of nitrogens with one attached hydrogen (secondary N) is 1. The molecule has 1 N–H and O–H groups in total. The molecule has 20 heavy (non-hydrogen) atoms. The summed E-state index contributed by atoms with van der Waals surface area (Å²) in [7, 11) is 1.67. The van der Waals surface area contributed by atoms with Crippen LogP contribution in [0, 0.1) is 6.92 Å². The third-order valence-corrected chi connectivity index (χ3v) is 3.22. The third kappa shape index (κ3) is 2.71. The molecule has 1 heterocycles.